The molecule has 1 fully saturated rings. The summed E-state index contributed by atoms with van der Waals surface area (Å²) >= 11 is 2.08. The number of terminal acetylenes is 1. The fourth-order valence-electron chi connectivity index (χ4n) is 3.14. The van der Waals surface area contributed by atoms with Gasteiger partial charge in [-0.05, 0) is 77.9 Å². The van der Waals surface area contributed by atoms with E-state index in [-0.39, 0.29) is 12.3 Å². The fraction of sp³-hybridized carbons (Fsp3) is 0.208. The third-order valence-corrected chi connectivity index (χ3v) is 5.31. The van der Waals surface area contributed by atoms with Gasteiger partial charge in [0.1, 0.15) is 18.8 Å². The summed E-state index contributed by atoms with van der Waals surface area (Å²) in [4.78, 5) is 38.4. The second-order valence-electron chi connectivity index (χ2n) is 7.05. The molecule has 2 aromatic carbocycles. The highest BCUT2D eigenvalue weighted by atomic mass is 127. The number of nitrogens with zero attached hydrogens (tertiary/aromatic N) is 1. The Bertz CT molecular complexity index is 1170. The third kappa shape index (κ3) is 6.04. The van der Waals surface area contributed by atoms with E-state index in [2.05, 4.69) is 39.1 Å². The molecule has 1 aliphatic heterocycles. The Morgan fingerprint density at radius 1 is 1.27 bits per heavy atom. The van der Waals surface area contributed by atoms with Crippen LogP contribution in [-0.4, -0.2) is 42.5 Å². The van der Waals surface area contributed by atoms with Gasteiger partial charge in [-0.25, -0.2) is 9.69 Å². The monoisotopic (exact) mass is 559 g/mol. The highest BCUT2D eigenvalue weighted by molar-refractivity contribution is 14.1. The SMILES string of the molecule is C#CCOc1c(I)cc(/C=C2/NC(=O)N(CC(=O)Nc3cccc(C)c3)C2=O)cc1OCC. The first kappa shape index (κ1) is 24.1. The molecule has 1 heterocycles. The molecule has 1 aliphatic rings. The number of hydrogen-bond acceptors (Lipinski definition) is 5. The van der Waals surface area contributed by atoms with Crippen molar-refractivity contribution in [3.05, 3.63) is 56.8 Å². The molecule has 2 N–H and O–H groups in total. The quantitative estimate of drug-likeness (QED) is 0.223. The molecule has 0 spiro atoms. The van der Waals surface area contributed by atoms with E-state index in [4.69, 9.17) is 15.9 Å². The largest absolute Gasteiger partial charge is 0.490 e. The number of imide groups is 1. The van der Waals surface area contributed by atoms with Gasteiger partial charge in [0.05, 0.1) is 10.2 Å². The van der Waals surface area contributed by atoms with Crippen LogP contribution in [0.5, 0.6) is 11.5 Å². The Labute approximate surface area is 205 Å². The molecule has 4 amide bonds. The number of carbonyl (C=O) groups excluding carboxylic acids is 3. The second-order valence-corrected chi connectivity index (χ2v) is 8.22. The van der Waals surface area contributed by atoms with Crippen LogP contribution in [0.2, 0.25) is 0 Å². The van der Waals surface area contributed by atoms with Gasteiger partial charge in [-0.2, -0.15) is 0 Å². The van der Waals surface area contributed by atoms with Crippen LogP contribution in [0.1, 0.15) is 18.1 Å². The predicted octanol–water partition coefficient (Wildman–Crippen LogP) is 3.54. The van der Waals surface area contributed by atoms with Crippen LogP contribution in [0.3, 0.4) is 0 Å². The number of nitrogens with one attached hydrogen (secondary N) is 2. The number of benzene rings is 2. The van der Waals surface area contributed by atoms with E-state index in [9.17, 15) is 14.4 Å². The van der Waals surface area contributed by atoms with Crippen molar-refractivity contribution in [3.8, 4) is 23.8 Å². The molecular formula is C24H22IN3O5. The standard InChI is InChI=1S/C24H22IN3O5/c1-4-9-33-22-18(25)11-16(13-20(22)32-5-2)12-19-23(30)28(24(31)27-19)14-21(29)26-17-8-6-7-15(3)10-17/h1,6-8,10-13H,5,9,14H2,2-3H3,(H,26,29)(H,27,31)/b19-12+. The first-order chi connectivity index (χ1) is 15.8. The van der Waals surface area contributed by atoms with Crippen LogP contribution in [0.4, 0.5) is 10.5 Å². The van der Waals surface area contributed by atoms with Gasteiger partial charge in [0, 0.05) is 5.69 Å². The zero-order chi connectivity index (χ0) is 24.0. The number of ether oxygens (including phenoxy) is 2. The maximum absolute atomic E-state index is 12.8. The van der Waals surface area contributed by atoms with E-state index in [0.717, 1.165) is 14.0 Å². The van der Waals surface area contributed by atoms with Gasteiger partial charge in [-0.1, -0.05) is 18.1 Å². The number of hydrogen-bond donors (Lipinski definition) is 2. The molecule has 0 unspecified atom stereocenters. The smallest absolute Gasteiger partial charge is 0.329 e. The van der Waals surface area contributed by atoms with Crippen LogP contribution in [0.15, 0.2) is 42.1 Å². The Morgan fingerprint density at radius 3 is 2.76 bits per heavy atom. The molecule has 33 heavy (non-hydrogen) atoms. The lowest BCUT2D eigenvalue weighted by molar-refractivity contribution is -0.127. The lowest BCUT2D eigenvalue weighted by Gasteiger charge is -2.13. The van der Waals surface area contributed by atoms with Gasteiger partial charge in [0.2, 0.25) is 5.91 Å². The average Bonchev–Trinajstić information content (AvgIpc) is 3.00. The number of rotatable bonds is 8. The zero-order valence-corrected chi connectivity index (χ0v) is 20.3. The van der Waals surface area contributed by atoms with E-state index >= 15 is 0 Å². The number of carbonyl (C=O) groups is 3. The average molecular weight is 559 g/mol. The number of aryl methyl sites for hydroxylation is 1. The van der Waals surface area contributed by atoms with Crippen LogP contribution in [-0.2, 0) is 9.59 Å². The van der Waals surface area contributed by atoms with E-state index in [0.29, 0.717) is 29.4 Å². The Morgan fingerprint density at radius 2 is 2.06 bits per heavy atom. The normalized spacial score (nSPS) is 14.1. The van der Waals surface area contributed by atoms with Crippen molar-refractivity contribution in [1.29, 1.82) is 0 Å². The number of halogens is 1. The maximum atomic E-state index is 12.8. The van der Waals surface area contributed by atoms with E-state index in [1.165, 1.54) is 6.08 Å². The first-order valence-corrected chi connectivity index (χ1v) is 11.1. The summed E-state index contributed by atoms with van der Waals surface area (Å²) in [7, 11) is 0. The minimum absolute atomic E-state index is 0.0545. The third-order valence-electron chi connectivity index (χ3n) is 4.51. The second kappa shape index (κ2) is 10.9. The lowest BCUT2D eigenvalue weighted by Crippen LogP contribution is -2.38. The molecule has 0 aliphatic carbocycles. The Hall–Kier alpha value is -3.52. The van der Waals surface area contributed by atoms with E-state index in [1.807, 2.05) is 19.9 Å². The van der Waals surface area contributed by atoms with Crippen molar-refractivity contribution in [3.63, 3.8) is 0 Å². The van der Waals surface area contributed by atoms with Crippen molar-refractivity contribution >= 4 is 52.2 Å². The van der Waals surface area contributed by atoms with Crippen molar-refractivity contribution in [1.82, 2.24) is 10.2 Å². The van der Waals surface area contributed by atoms with Gasteiger partial charge in [0.15, 0.2) is 11.5 Å². The highest BCUT2D eigenvalue weighted by Crippen LogP contribution is 2.35. The summed E-state index contributed by atoms with van der Waals surface area (Å²) < 4.78 is 11.9. The molecule has 2 aromatic rings. The van der Waals surface area contributed by atoms with Crippen molar-refractivity contribution in [2.75, 3.05) is 25.1 Å². The summed E-state index contributed by atoms with van der Waals surface area (Å²) in [5.41, 5.74) is 2.24. The fourth-order valence-corrected chi connectivity index (χ4v) is 3.92. The van der Waals surface area contributed by atoms with E-state index < -0.39 is 24.4 Å². The number of anilines is 1. The lowest BCUT2D eigenvalue weighted by atomic mass is 10.1. The molecule has 0 radical (unpaired) electrons. The molecule has 170 valence electrons. The molecular weight excluding hydrogens is 537 g/mol. The Balaban J connectivity index is 1.77. The molecule has 0 bridgehead atoms. The van der Waals surface area contributed by atoms with Crippen LogP contribution in [0.25, 0.3) is 6.08 Å². The van der Waals surface area contributed by atoms with Gasteiger partial charge >= 0.3 is 6.03 Å². The Kier molecular flexibility index (Phi) is 7.95. The molecule has 0 saturated carbocycles. The zero-order valence-electron chi connectivity index (χ0n) is 18.1. The maximum Gasteiger partial charge on any atom is 0.329 e. The molecule has 0 aromatic heterocycles. The summed E-state index contributed by atoms with van der Waals surface area (Å²) in [6.45, 7) is 3.82. The minimum Gasteiger partial charge on any atom is -0.490 e. The van der Waals surface area contributed by atoms with Gasteiger partial charge in [-0.3, -0.25) is 9.59 Å². The highest BCUT2D eigenvalue weighted by Gasteiger charge is 2.35. The van der Waals surface area contributed by atoms with Crippen molar-refractivity contribution in [2.45, 2.75) is 13.8 Å². The van der Waals surface area contributed by atoms with E-state index in [1.54, 1.807) is 30.3 Å². The summed E-state index contributed by atoms with van der Waals surface area (Å²) in [6, 6.07) is 10.0. The van der Waals surface area contributed by atoms with Gasteiger partial charge < -0.3 is 20.1 Å². The summed E-state index contributed by atoms with van der Waals surface area (Å²) in [5.74, 6) is 2.31. The molecule has 1 saturated heterocycles. The van der Waals surface area contributed by atoms with Crippen LogP contribution >= 0.6 is 22.6 Å². The molecule has 0 atom stereocenters. The first-order valence-electron chi connectivity index (χ1n) is 10.1. The van der Waals surface area contributed by atoms with Crippen LogP contribution in [0, 0.1) is 22.8 Å². The van der Waals surface area contributed by atoms with Crippen molar-refractivity contribution < 1.29 is 23.9 Å². The predicted molar refractivity (Wildman–Crippen MR) is 133 cm³/mol. The molecule has 8 nitrogen and oxygen atoms in total. The minimum atomic E-state index is -0.667. The number of amides is 4. The van der Waals surface area contributed by atoms with Crippen LogP contribution < -0.4 is 20.1 Å². The van der Waals surface area contributed by atoms with Gasteiger partial charge in [-0.15, -0.1) is 6.42 Å². The van der Waals surface area contributed by atoms with Crippen molar-refractivity contribution in [2.24, 2.45) is 0 Å². The van der Waals surface area contributed by atoms with Gasteiger partial charge in [0.25, 0.3) is 5.91 Å². The molecule has 9 heteroatoms. The number of urea groups is 1. The summed E-state index contributed by atoms with van der Waals surface area (Å²) in [6.07, 6.45) is 6.80. The topological polar surface area (TPSA) is 97.0 Å². The summed E-state index contributed by atoms with van der Waals surface area (Å²) in [5, 5.41) is 5.21. The molecule has 3 rings (SSSR count).